The molecule has 7 heteroatoms. The fourth-order valence-corrected chi connectivity index (χ4v) is 5.11. The van der Waals surface area contributed by atoms with Crippen LogP contribution in [0, 0.1) is 0 Å². The molecule has 2 rings (SSSR count). The van der Waals surface area contributed by atoms with Crippen LogP contribution in [0.15, 0.2) is 24.3 Å². The molecule has 1 aliphatic heterocycles. The molecular formula is C19H28N2O4S. The Balaban J connectivity index is 1.80. The lowest BCUT2D eigenvalue weighted by molar-refractivity contribution is -0.122. The number of rotatable bonds is 5. The van der Waals surface area contributed by atoms with Gasteiger partial charge in [-0.1, -0.05) is 32.9 Å². The van der Waals surface area contributed by atoms with Crippen molar-refractivity contribution in [1.29, 1.82) is 0 Å². The van der Waals surface area contributed by atoms with E-state index in [1.165, 1.54) is 0 Å². The van der Waals surface area contributed by atoms with Gasteiger partial charge in [-0.15, -0.1) is 0 Å². The maximum atomic E-state index is 12.2. The first-order valence-corrected chi connectivity index (χ1v) is 10.6. The van der Waals surface area contributed by atoms with E-state index < -0.39 is 15.4 Å². The van der Waals surface area contributed by atoms with Crippen molar-refractivity contribution >= 4 is 21.7 Å². The summed E-state index contributed by atoms with van der Waals surface area (Å²) in [6.45, 7) is 8.27. The highest BCUT2D eigenvalue weighted by atomic mass is 32.2. The van der Waals surface area contributed by atoms with Crippen molar-refractivity contribution in [3.63, 3.8) is 0 Å². The number of hydrogen-bond donors (Lipinski definition) is 2. The van der Waals surface area contributed by atoms with Gasteiger partial charge in [0, 0.05) is 18.5 Å². The van der Waals surface area contributed by atoms with Gasteiger partial charge in [-0.05, 0) is 36.5 Å². The molecule has 0 aromatic heterocycles. The molecule has 0 radical (unpaired) electrons. The van der Waals surface area contributed by atoms with Crippen LogP contribution in [-0.4, -0.2) is 43.8 Å². The summed E-state index contributed by atoms with van der Waals surface area (Å²) >= 11 is 0. The third-order valence-corrected chi connectivity index (χ3v) is 6.50. The van der Waals surface area contributed by atoms with E-state index in [0.717, 1.165) is 5.56 Å². The molecule has 0 unspecified atom stereocenters. The molecule has 144 valence electrons. The molecular weight excluding hydrogens is 352 g/mol. The van der Waals surface area contributed by atoms with Crippen LogP contribution in [0.1, 0.15) is 56.5 Å². The Kier molecular flexibility index (Phi) is 5.80. The van der Waals surface area contributed by atoms with E-state index in [9.17, 15) is 18.0 Å². The molecule has 0 aliphatic carbocycles. The molecule has 1 atom stereocenters. The Morgan fingerprint density at radius 3 is 2.27 bits per heavy atom. The topological polar surface area (TPSA) is 92.3 Å². The largest absolute Gasteiger partial charge is 0.352 e. The van der Waals surface area contributed by atoms with Gasteiger partial charge in [-0.2, -0.15) is 0 Å². The molecule has 1 saturated heterocycles. The Labute approximate surface area is 155 Å². The number of amides is 2. The van der Waals surface area contributed by atoms with Gasteiger partial charge in [0.25, 0.3) is 5.91 Å². The molecule has 1 aromatic rings. The van der Waals surface area contributed by atoms with Crippen LogP contribution in [0.25, 0.3) is 0 Å². The number of carbonyl (C=O) groups is 2. The average Bonchev–Trinajstić information content (AvgIpc) is 2.79. The summed E-state index contributed by atoms with van der Waals surface area (Å²) < 4.78 is 23.1. The second kappa shape index (κ2) is 7.39. The van der Waals surface area contributed by atoms with Gasteiger partial charge in [-0.25, -0.2) is 8.42 Å². The molecule has 1 aliphatic rings. The molecule has 6 nitrogen and oxygen atoms in total. The number of carbonyl (C=O) groups excluding carboxylic acids is 2. The van der Waals surface area contributed by atoms with Crippen molar-refractivity contribution in [3.05, 3.63) is 35.4 Å². The first kappa shape index (κ1) is 20.4. The van der Waals surface area contributed by atoms with Gasteiger partial charge in [0.15, 0.2) is 9.84 Å². The summed E-state index contributed by atoms with van der Waals surface area (Å²) in [5.41, 5.74) is 1.01. The lowest BCUT2D eigenvalue weighted by Crippen LogP contribution is -2.47. The number of hydrogen-bond acceptors (Lipinski definition) is 4. The van der Waals surface area contributed by atoms with Gasteiger partial charge in [0.2, 0.25) is 5.91 Å². The van der Waals surface area contributed by atoms with Crippen LogP contribution >= 0.6 is 0 Å². The average molecular weight is 381 g/mol. The number of sulfone groups is 1. The minimum absolute atomic E-state index is 0.0247. The minimum atomic E-state index is -3.07. The van der Waals surface area contributed by atoms with E-state index in [2.05, 4.69) is 31.4 Å². The summed E-state index contributed by atoms with van der Waals surface area (Å²) in [5, 5.41) is 5.50. The summed E-state index contributed by atoms with van der Waals surface area (Å²) in [4.78, 5) is 24.2. The lowest BCUT2D eigenvalue weighted by Gasteiger charge is -2.23. The number of benzene rings is 1. The molecule has 0 saturated carbocycles. The van der Waals surface area contributed by atoms with Crippen LogP contribution in [0.3, 0.4) is 0 Å². The summed E-state index contributed by atoms with van der Waals surface area (Å²) in [7, 11) is -3.07. The highest BCUT2D eigenvalue weighted by Crippen LogP contribution is 2.23. The Morgan fingerprint density at radius 2 is 1.77 bits per heavy atom. The molecule has 1 heterocycles. The molecule has 2 N–H and O–H groups in total. The van der Waals surface area contributed by atoms with E-state index in [1.54, 1.807) is 19.1 Å². The second-order valence-corrected chi connectivity index (χ2v) is 10.5. The predicted molar refractivity (Wildman–Crippen MR) is 102 cm³/mol. The highest BCUT2D eigenvalue weighted by molar-refractivity contribution is 7.91. The van der Waals surface area contributed by atoms with E-state index >= 15 is 0 Å². The fourth-order valence-electron chi connectivity index (χ4n) is 3.02. The third kappa shape index (κ3) is 5.56. The van der Waals surface area contributed by atoms with Gasteiger partial charge >= 0.3 is 0 Å². The van der Waals surface area contributed by atoms with Crippen LogP contribution in [-0.2, 0) is 20.0 Å². The van der Waals surface area contributed by atoms with Crippen molar-refractivity contribution in [2.75, 3.05) is 18.1 Å². The summed E-state index contributed by atoms with van der Waals surface area (Å²) in [6, 6.07) is 7.42. The first-order valence-electron chi connectivity index (χ1n) is 8.80. The highest BCUT2D eigenvalue weighted by Gasteiger charge is 2.39. The van der Waals surface area contributed by atoms with E-state index in [1.807, 2.05) is 12.1 Å². The van der Waals surface area contributed by atoms with Gasteiger partial charge in [0.05, 0.1) is 17.0 Å². The van der Waals surface area contributed by atoms with Crippen molar-refractivity contribution in [2.45, 2.75) is 51.5 Å². The Bertz CT molecular complexity index is 779. The lowest BCUT2D eigenvalue weighted by atomic mass is 9.87. The van der Waals surface area contributed by atoms with Gasteiger partial charge in [-0.3, -0.25) is 9.59 Å². The van der Waals surface area contributed by atoms with Crippen molar-refractivity contribution < 1.29 is 18.0 Å². The van der Waals surface area contributed by atoms with Crippen LogP contribution in [0.4, 0.5) is 0 Å². The zero-order valence-corrected chi connectivity index (χ0v) is 16.7. The second-order valence-electron chi connectivity index (χ2n) is 8.28. The van der Waals surface area contributed by atoms with Crippen molar-refractivity contribution in [2.24, 2.45) is 0 Å². The van der Waals surface area contributed by atoms with Crippen molar-refractivity contribution in [1.82, 2.24) is 10.6 Å². The molecule has 1 fully saturated rings. The third-order valence-electron chi connectivity index (χ3n) is 4.60. The van der Waals surface area contributed by atoms with Gasteiger partial charge < -0.3 is 10.6 Å². The Hall–Kier alpha value is -1.89. The van der Waals surface area contributed by atoms with E-state index in [0.29, 0.717) is 12.0 Å². The molecule has 1 aromatic carbocycles. The quantitative estimate of drug-likeness (QED) is 0.815. The van der Waals surface area contributed by atoms with E-state index in [-0.39, 0.29) is 41.7 Å². The molecule has 0 bridgehead atoms. The standard InChI is InChI=1S/C19H28N2O4S/c1-18(2,3)15-7-5-14(6-8-15)17(23)20-11-9-16(22)21-19(4)10-12-26(24,25)13-19/h5-8H,9-13H2,1-4H3,(H,20,23)(H,21,22)/t19-/m1/s1. The first-order chi connectivity index (χ1) is 11.9. The maximum Gasteiger partial charge on any atom is 0.251 e. The van der Waals surface area contributed by atoms with E-state index in [4.69, 9.17) is 0 Å². The van der Waals surface area contributed by atoms with Crippen molar-refractivity contribution in [3.8, 4) is 0 Å². The smallest absolute Gasteiger partial charge is 0.251 e. The summed E-state index contributed by atoms with van der Waals surface area (Å²) in [5.74, 6) is -0.413. The Morgan fingerprint density at radius 1 is 1.15 bits per heavy atom. The SMILES string of the molecule is CC(C)(C)c1ccc(C(=O)NCCC(=O)N[C@]2(C)CCS(=O)(=O)C2)cc1. The maximum absolute atomic E-state index is 12.2. The summed E-state index contributed by atoms with van der Waals surface area (Å²) in [6.07, 6.45) is 0.537. The van der Waals surface area contributed by atoms with Gasteiger partial charge in [0.1, 0.15) is 0 Å². The minimum Gasteiger partial charge on any atom is -0.352 e. The monoisotopic (exact) mass is 380 g/mol. The van der Waals surface area contributed by atoms with Crippen LogP contribution in [0.2, 0.25) is 0 Å². The zero-order chi connectivity index (χ0) is 19.6. The normalized spacial score (nSPS) is 22.0. The number of nitrogens with one attached hydrogen (secondary N) is 2. The zero-order valence-electron chi connectivity index (χ0n) is 15.9. The molecule has 0 spiro atoms. The predicted octanol–water partition coefficient (Wildman–Crippen LogP) is 1.80. The van der Waals surface area contributed by atoms with Crippen LogP contribution < -0.4 is 10.6 Å². The molecule has 26 heavy (non-hydrogen) atoms. The molecule has 2 amide bonds. The van der Waals surface area contributed by atoms with Crippen LogP contribution in [0.5, 0.6) is 0 Å². The fraction of sp³-hybridized carbons (Fsp3) is 0.579.